The Morgan fingerprint density at radius 2 is 2.04 bits per heavy atom. The van der Waals surface area contributed by atoms with Crippen LogP contribution in [0.4, 0.5) is 11.5 Å². The van der Waals surface area contributed by atoms with E-state index in [0.29, 0.717) is 23.7 Å². The van der Waals surface area contributed by atoms with Crippen molar-refractivity contribution in [2.45, 2.75) is 18.9 Å². The lowest BCUT2D eigenvalue weighted by molar-refractivity contribution is 0.0475. The highest BCUT2D eigenvalue weighted by Gasteiger charge is 2.37. The van der Waals surface area contributed by atoms with Crippen molar-refractivity contribution >= 4 is 29.2 Å². The van der Waals surface area contributed by atoms with Gasteiger partial charge in [-0.3, -0.25) is 19.3 Å². The van der Waals surface area contributed by atoms with Crippen LogP contribution in [0.25, 0.3) is 0 Å². The molecule has 3 heterocycles. The third-order valence-corrected chi connectivity index (χ3v) is 4.69. The van der Waals surface area contributed by atoms with Crippen LogP contribution in [-0.4, -0.2) is 46.9 Å². The second-order valence-corrected chi connectivity index (χ2v) is 6.54. The number of hydrogen-bond acceptors (Lipinski definition) is 6. The van der Waals surface area contributed by atoms with Gasteiger partial charge in [0.1, 0.15) is 5.82 Å². The SMILES string of the molecule is Nc1ccc(NC(=O)c2ccc3c(c2)C(=O)N(CC2CCCO2)C3=O)cn1. The summed E-state index contributed by atoms with van der Waals surface area (Å²) >= 11 is 0. The van der Waals surface area contributed by atoms with Gasteiger partial charge in [-0.2, -0.15) is 0 Å². The van der Waals surface area contributed by atoms with Gasteiger partial charge in [-0.15, -0.1) is 0 Å². The van der Waals surface area contributed by atoms with Crippen LogP contribution in [-0.2, 0) is 4.74 Å². The molecule has 3 amide bonds. The van der Waals surface area contributed by atoms with E-state index in [2.05, 4.69) is 10.3 Å². The Morgan fingerprint density at radius 3 is 2.74 bits per heavy atom. The smallest absolute Gasteiger partial charge is 0.261 e. The zero-order valence-electron chi connectivity index (χ0n) is 14.5. The molecule has 1 aromatic heterocycles. The largest absolute Gasteiger partial charge is 0.384 e. The molecule has 0 aliphatic carbocycles. The van der Waals surface area contributed by atoms with E-state index in [0.717, 1.165) is 12.8 Å². The number of amides is 3. The van der Waals surface area contributed by atoms with Crippen LogP contribution in [0, 0.1) is 0 Å². The molecule has 138 valence electrons. The zero-order chi connectivity index (χ0) is 19.0. The van der Waals surface area contributed by atoms with E-state index >= 15 is 0 Å². The number of imide groups is 1. The quantitative estimate of drug-likeness (QED) is 0.796. The van der Waals surface area contributed by atoms with Gasteiger partial charge in [-0.05, 0) is 43.2 Å². The fourth-order valence-electron chi connectivity index (χ4n) is 3.27. The van der Waals surface area contributed by atoms with Crippen LogP contribution < -0.4 is 11.1 Å². The summed E-state index contributed by atoms with van der Waals surface area (Å²) in [6.45, 7) is 0.892. The minimum absolute atomic E-state index is 0.118. The van der Waals surface area contributed by atoms with E-state index in [1.54, 1.807) is 12.1 Å². The summed E-state index contributed by atoms with van der Waals surface area (Å²) in [5, 5.41) is 2.69. The molecule has 1 aromatic carbocycles. The highest BCUT2D eigenvalue weighted by molar-refractivity contribution is 6.22. The molecule has 27 heavy (non-hydrogen) atoms. The minimum atomic E-state index is -0.401. The maximum Gasteiger partial charge on any atom is 0.261 e. The number of nitrogens with two attached hydrogens (primary N) is 1. The number of rotatable bonds is 4. The zero-order valence-corrected chi connectivity index (χ0v) is 14.5. The first-order valence-corrected chi connectivity index (χ1v) is 8.67. The second kappa shape index (κ2) is 6.81. The lowest BCUT2D eigenvalue weighted by Crippen LogP contribution is -2.36. The van der Waals surface area contributed by atoms with Gasteiger partial charge in [0.15, 0.2) is 0 Å². The van der Waals surface area contributed by atoms with Crippen LogP contribution >= 0.6 is 0 Å². The number of carbonyl (C=O) groups excluding carboxylic acids is 3. The molecule has 0 saturated carbocycles. The lowest BCUT2D eigenvalue weighted by Gasteiger charge is -2.17. The number of anilines is 2. The van der Waals surface area contributed by atoms with Crippen molar-refractivity contribution in [3.05, 3.63) is 53.2 Å². The number of ether oxygens (including phenoxy) is 1. The molecule has 0 spiro atoms. The molecule has 1 unspecified atom stereocenters. The Kier molecular flexibility index (Phi) is 4.33. The Balaban J connectivity index is 1.53. The molecule has 0 radical (unpaired) electrons. The average Bonchev–Trinajstić information content (AvgIpc) is 3.26. The summed E-state index contributed by atoms with van der Waals surface area (Å²) in [4.78, 5) is 42.7. The first-order chi connectivity index (χ1) is 13.0. The van der Waals surface area contributed by atoms with E-state index in [9.17, 15) is 14.4 Å². The van der Waals surface area contributed by atoms with Crippen LogP contribution in [0.1, 0.15) is 43.9 Å². The highest BCUT2D eigenvalue weighted by Crippen LogP contribution is 2.26. The number of hydrogen-bond donors (Lipinski definition) is 2. The van der Waals surface area contributed by atoms with E-state index in [4.69, 9.17) is 10.5 Å². The van der Waals surface area contributed by atoms with Crippen molar-refractivity contribution in [3.63, 3.8) is 0 Å². The van der Waals surface area contributed by atoms with Crippen molar-refractivity contribution in [2.24, 2.45) is 0 Å². The van der Waals surface area contributed by atoms with Crippen molar-refractivity contribution in [3.8, 4) is 0 Å². The summed E-state index contributed by atoms with van der Waals surface area (Å²) in [5.41, 5.74) is 6.84. The Labute approximate surface area is 155 Å². The Hall–Kier alpha value is -3.26. The van der Waals surface area contributed by atoms with Crippen LogP contribution in [0.5, 0.6) is 0 Å². The van der Waals surface area contributed by atoms with Gasteiger partial charge in [0.05, 0.1) is 35.7 Å². The monoisotopic (exact) mass is 366 g/mol. The molecule has 4 rings (SSSR count). The number of benzene rings is 1. The van der Waals surface area contributed by atoms with Crippen molar-refractivity contribution in [1.82, 2.24) is 9.88 Å². The number of carbonyl (C=O) groups is 3. The van der Waals surface area contributed by atoms with Gasteiger partial charge in [0.2, 0.25) is 0 Å². The average molecular weight is 366 g/mol. The molecule has 1 fully saturated rings. The fraction of sp³-hybridized carbons (Fsp3) is 0.263. The minimum Gasteiger partial charge on any atom is -0.384 e. The molecule has 2 aromatic rings. The number of nitrogens with one attached hydrogen (secondary N) is 1. The first-order valence-electron chi connectivity index (χ1n) is 8.67. The van der Waals surface area contributed by atoms with Gasteiger partial charge >= 0.3 is 0 Å². The third-order valence-electron chi connectivity index (χ3n) is 4.69. The molecule has 0 bridgehead atoms. The number of pyridine rings is 1. The molecule has 2 aliphatic rings. The van der Waals surface area contributed by atoms with Gasteiger partial charge in [-0.1, -0.05) is 0 Å². The Morgan fingerprint density at radius 1 is 1.22 bits per heavy atom. The van der Waals surface area contributed by atoms with Crippen LogP contribution in [0.2, 0.25) is 0 Å². The molecule has 1 atom stereocenters. The van der Waals surface area contributed by atoms with Crippen LogP contribution in [0.3, 0.4) is 0 Å². The Bertz CT molecular complexity index is 920. The number of aromatic nitrogens is 1. The first kappa shape index (κ1) is 17.2. The molecular weight excluding hydrogens is 348 g/mol. The van der Waals surface area contributed by atoms with Crippen molar-refractivity contribution in [1.29, 1.82) is 0 Å². The maximum atomic E-state index is 12.7. The predicted octanol–water partition coefficient (Wildman–Crippen LogP) is 1.69. The van der Waals surface area contributed by atoms with Gasteiger partial charge in [-0.25, -0.2) is 4.98 Å². The summed E-state index contributed by atoms with van der Waals surface area (Å²) in [7, 11) is 0. The standard InChI is InChI=1S/C19H18N4O4/c20-16-6-4-12(9-21-16)22-17(24)11-3-5-14-15(8-11)19(26)23(18(14)25)10-13-2-1-7-27-13/h3-6,8-9,13H,1-2,7,10H2,(H2,20,21)(H,22,24). The topological polar surface area (TPSA) is 115 Å². The summed E-state index contributed by atoms with van der Waals surface area (Å²) in [5.74, 6) is -0.794. The molecule has 8 nitrogen and oxygen atoms in total. The summed E-state index contributed by atoms with van der Waals surface area (Å²) in [6.07, 6.45) is 3.08. The summed E-state index contributed by atoms with van der Waals surface area (Å²) < 4.78 is 5.52. The van der Waals surface area contributed by atoms with Crippen molar-refractivity contribution < 1.29 is 19.1 Å². The third kappa shape index (κ3) is 3.26. The molecule has 8 heteroatoms. The van der Waals surface area contributed by atoms with Crippen molar-refractivity contribution in [2.75, 3.05) is 24.2 Å². The lowest BCUT2D eigenvalue weighted by atomic mass is 10.1. The van der Waals surface area contributed by atoms with E-state index in [1.807, 2.05) is 0 Å². The fourth-order valence-corrected chi connectivity index (χ4v) is 3.27. The molecule has 1 saturated heterocycles. The summed E-state index contributed by atoms with van der Waals surface area (Å²) in [6, 6.07) is 7.70. The van der Waals surface area contributed by atoms with E-state index < -0.39 is 11.8 Å². The molecule has 3 N–H and O–H groups in total. The van der Waals surface area contributed by atoms with E-state index in [1.165, 1.54) is 29.3 Å². The number of nitrogen functional groups attached to an aromatic ring is 1. The van der Waals surface area contributed by atoms with Gasteiger partial charge in [0, 0.05) is 12.2 Å². The normalized spacial score (nSPS) is 18.7. The molecule has 2 aliphatic heterocycles. The van der Waals surface area contributed by atoms with Crippen LogP contribution in [0.15, 0.2) is 36.5 Å². The molecular formula is C19H18N4O4. The second-order valence-electron chi connectivity index (χ2n) is 6.54. The van der Waals surface area contributed by atoms with Gasteiger partial charge in [0.25, 0.3) is 17.7 Å². The maximum absolute atomic E-state index is 12.7. The number of fused-ring (bicyclic) bond motifs is 1. The van der Waals surface area contributed by atoms with E-state index in [-0.39, 0.29) is 29.7 Å². The predicted molar refractivity (Wildman–Crippen MR) is 97.4 cm³/mol. The van der Waals surface area contributed by atoms with Gasteiger partial charge < -0.3 is 15.8 Å². The number of nitrogens with zero attached hydrogens (tertiary/aromatic N) is 2. The highest BCUT2D eigenvalue weighted by atomic mass is 16.5.